The molecule has 0 aromatic rings. The molecule has 0 aliphatic carbocycles. The van der Waals surface area contributed by atoms with E-state index in [4.69, 9.17) is 0 Å². The minimum absolute atomic E-state index is 0.0267. The van der Waals surface area contributed by atoms with Crippen molar-refractivity contribution in [3.05, 3.63) is 0 Å². The van der Waals surface area contributed by atoms with Crippen molar-refractivity contribution < 1.29 is 4.79 Å². The summed E-state index contributed by atoms with van der Waals surface area (Å²) in [7, 11) is 5.79. The summed E-state index contributed by atoms with van der Waals surface area (Å²) >= 11 is 0. The van der Waals surface area contributed by atoms with E-state index < -0.39 is 0 Å². The van der Waals surface area contributed by atoms with Crippen molar-refractivity contribution in [2.75, 3.05) is 27.7 Å². The van der Waals surface area contributed by atoms with Crippen LogP contribution in [0.3, 0.4) is 0 Å². The van der Waals surface area contributed by atoms with E-state index in [0.717, 1.165) is 6.54 Å². The fraction of sp³-hybridized carbons (Fsp3) is 0.900. The first kappa shape index (κ1) is 11.5. The monoisotopic (exact) mass is 205 g/mol. The van der Waals surface area contributed by atoms with E-state index in [1.54, 1.807) is 7.05 Å². The van der Waals surface area contributed by atoms with Crippen LogP contribution in [0.5, 0.6) is 0 Å². The number of amides is 1. The summed E-state index contributed by atoms with van der Waals surface area (Å²) < 4.78 is 0. The van der Waals surface area contributed by atoms with E-state index in [0.29, 0.717) is 6.04 Å². The van der Waals surface area contributed by atoms with Crippen LogP contribution >= 0.6 is 0 Å². The molecule has 1 N–H and O–H groups in total. The average Bonchev–Trinajstić information content (AvgIpc) is 2.14. The Morgan fingerprint density at radius 1 is 1.36 bits per heavy atom. The molecule has 1 saturated heterocycles. The van der Waals surface area contributed by atoms with Gasteiger partial charge >= 0.3 is 0 Å². The second kappa shape index (κ2) is 4.28. The van der Waals surface area contributed by atoms with Gasteiger partial charge in [0, 0.05) is 25.7 Å². The molecule has 0 aromatic carbocycles. The highest BCUT2D eigenvalue weighted by atomic mass is 16.2. The van der Waals surface area contributed by atoms with Gasteiger partial charge in [0.1, 0.15) is 6.04 Å². The molecular formula is C10H21N3O. The predicted octanol–water partition coefficient (Wildman–Crippen LogP) is -0.245. The van der Waals surface area contributed by atoms with Gasteiger partial charge in [0.15, 0.2) is 0 Å². The molecule has 3 unspecified atom stereocenters. The van der Waals surface area contributed by atoms with Crippen molar-refractivity contribution in [3.8, 4) is 0 Å². The van der Waals surface area contributed by atoms with Gasteiger partial charge in [-0.2, -0.15) is 0 Å². The van der Waals surface area contributed by atoms with Gasteiger partial charge in [-0.1, -0.05) is 0 Å². The summed E-state index contributed by atoms with van der Waals surface area (Å²) in [6, 6.07) is 0.751. The van der Waals surface area contributed by atoms with Crippen LogP contribution in [0.25, 0.3) is 0 Å². The highest BCUT2D eigenvalue weighted by Gasteiger charge is 2.37. The van der Waals surface area contributed by atoms with E-state index >= 15 is 0 Å². The topological polar surface area (TPSA) is 35.6 Å². The molecule has 1 rings (SSSR count). The molecule has 0 saturated carbocycles. The standard InChI is InChI=1S/C10H21N3O/c1-7-6-12(4)9(10(14)11-3)8(2)13(7)5/h7-9H,6H2,1-5H3,(H,11,14)/i3+1,4+1,5+1,6+1,7+1,13+1. The summed E-state index contributed by atoms with van der Waals surface area (Å²) in [5.74, 6) is 0.110. The highest BCUT2D eigenvalue weighted by Crippen LogP contribution is 2.18. The Hall–Kier alpha value is -0.610. The zero-order chi connectivity index (χ0) is 10.9. The Balaban J connectivity index is 2.78. The van der Waals surface area contributed by atoms with E-state index in [1.807, 2.05) is 7.05 Å². The van der Waals surface area contributed by atoms with Crippen LogP contribution in [0.4, 0.5) is 0 Å². The highest BCUT2D eigenvalue weighted by molar-refractivity contribution is 5.82. The lowest BCUT2D eigenvalue weighted by Crippen LogP contribution is -2.63. The van der Waals surface area contributed by atoms with Crippen molar-refractivity contribution in [1.29, 1.82) is 0 Å². The third kappa shape index (κ3) is 1.91. The summed E-state index contributed by atoms with van der Waals surface area (Å²) in [6.45, 7) is 5.23. The third-order valence-corrected chi connectivity index (χ3v) is 3.34. The zero-order valence-corrected chi connectivity index (χ0v) is 9.74. The van der Waals surface area contributed by atoms with E-state index in [9.17, 15) is 4.79 Å². The first-order chi connectivity index (χ1) is 6.49. The van der Waals surface area contributed by atoms with E-state index in [1.165, 1.54) is 0 Å². The van der Waals surface area contributed by atoms with Crippen LogP contribution < -0.4 is 5.32 Å². The fourth-order valence-electron chi connectivity index (χ4n) is 2.22. The molecule has 1 aliphatic rings. The maximum Gasteiger partial charge on any atom is 0.238 e. The maximum absolute atomic E-state index is 11.7. The Bertz CT molecular complexity index is 219. The number of likely N-dealkylation sites (N-methyl/N-ethyl adjacent to an activating group) is 3. The predicted molar refractivity (Wildman–Crippen MR) is 57.2 cm³/mol. The SMILES string of the molecule is CC1C(C(=O)N[13CH3])N([13CH3])[13CH2][13CH](C)[15N]1[13CH3]. The fourth-order valence-corrected chi connectivity index (χ4v) is 2.22. The van der Waals surface area contributed by atoms with Crippen molar-refractivity contribution in [2.45, 2.75) is 32.0 Å². The third-order valence-electron chi connectivity index (χ3n) is 3.34. The smallest absolute Gasteiger partial charge is 0.238 e. The van der Waals surface area contributed by atoms with Crippen LogP contribution in [-0.4, -0.2) is 61.5 Å². The Labute approximate surface area is 86.2 Å². The summed E-state index contributed by atoms with van der Waals surface area (Å²) in [5, 5.41) is 2.72. The number of carbonyl (C=O) groups excluding carboxylic acids is 1. The van der Waals surface area contributed by atoms with Crippen molar-refractivity contribution in [3.63, 3.8) is 0 Å². The lowest BCUT2D eigenvalue weighted by atomic mass is 10.1. The Morgan fingerprint density at radius 3 is 2.43 bits per heavy atom. The van der Waals surface area contributed by atoms with Gasteiger partial charge < -0.3 is 5.32 Å². The maximum atomic E-state index is 11.7. The number of hydrogen-bond donors (Lipinski definition) is 1. The first-order valence-corrected chi connectivity index (χ1v) is 5.12. The molecule has 1 fully saturated rings. The second-order valence-electron chi connectivity index (χ2n) is 4.25. The summed E-state index contributed by atoms with van der Waals surface area (Å²) in [4.78, 5) is 16.1. The van der Waals surface area contributed by atoms with Gasteiger partial charge in [0.25, 0.3) is 0 Å². The van der Waals surface area contributed by atoms with Gasteiger partial charge in [-0.05, 0) is 27.9 Å². The van der Waals surface area contributed by atoms with Gasteiger partial charge in [0.2, 0.25) is 5.91 Å². The molecule has 0 aromatic heterocycles. The molecule has 1 aliphatic heterocycles. The molecule has 4 heteroatoms. The molecule has 82 valence electrons. The minimum atomic E-state index is -0.0267. The van der Waals surface area contributed by atoms with Crippen molar-refractivity contribution >= 4 is 5.91 Å². The van der Waals surface area contributed by atoms with Crippen molar-refractivity contribution in [1.82, 2.24) is 15.1 Å². The molecule has 0 bridgehead atoms. The molecule has 1 amide bonds. The summed E-state index contributed by atoms with van der Waals surface area (Å²) in [5.41, 5.74) is 0. The number of carbonyl (C=O) groups is 1. The first-order valence-electron chi connectivity index (χ1n) is 5.12. The second-order valence-corrected chi connectivity index (χ2v) is 4.25. The molecule has 14 heavy (non-hydrogen) atoms. The number of hydrogen-bond acceptors (Lipinski definition) is 3. The normalized spacial score (nSPS) is 35.6. The van der Waals surface area contributed by atoms with Gasteiger partial charge in [-0.15, -0.1) is 0 Å². The van der Waals surface area contributed by atoms with Crippen LogP contribution in [0, 0.1) is 0 Å². The average molecular weight is 205 g/mol. The Kier molecular flexibility index (Phi) is 3.50. The minimum Gasteiger partial charge on any atom is -0.358 e. The van der Waals surface area contributed by atoms with Gasteiger partial charge in [-0.3, -0.25) is 14.6 Å². The number of nitrogens with zero attached hydrogens (tertiary/aromatic N) is 2. The lowest BCUT2D eigenvalue weighted by Gasteiger charge is -2.46. The number of rotatable bonds is 1. The van der Waals surface area contributed by atoms with E-state index in [2.05, 4.69) is 36.0 Å². The van der Waals surface area contributed by atoms with E-state index in [-0.39, 0.29) is 18.0 Å². The van der Waals surface area contributed by atoms with Gasteiger partial charge in [-0.25, -0.2) is 0 Å². The lowest BCUT2D eigenvalue weighted by molar-refractivity contribution is -0.130. The largest absolute Gasteiger partial charge is 0.358 e. The van der Waals surface area contributed by atoms with Crippen LogP contribution in [0.1, 0.15) is 13.8 Å². The zero-order valence-electron chi connectivity index (χ0n) is 9.74. The molecule has 0 spiro atoms. The number of piperazine rings is 1. The molecule has 4 nitrogen and oxygen atoms in total. The summed E-state index contributed by atoms with van der Waals surface area (Å²) in [6.07, 6.45) is 0. The molecule has 1 heterocycles. The van der Waals surface area contributed by atoms with Crippen LogP contribution in [0.2, 0.25) is 0 Å². The van der Waals surface area contributed by atoms with Crippen LogP contribution in [0.15, 0.2) is 0 Å². The van der Waals surface area contributed by atoms with Crippen molar-refractivity contribution in [2.24, 2.45) is 0 Å². The molecule has 3 atom stereocenters. The molecular weight excluding hydrogens is 184 g/mol. The van der Waals surface area contributed by atoms with Gasteiger partial charge in [0.05, 0.1) is 0 Å². The molecule has 0 radical (unpaired) electrons. The van der Waals surface area contributed by atoms with Crippen LogP contribution in [-0.2, 0) is 4.79 Å². The quantitative estimate of drug-likeness (QED) is 0.474. The number of nitrogens with one attached hydrogen (secondary N) is 1. The Morgan fingerprint density at radius 2 is 1.93 bits per heavy atom.